The third-order valence-electron chi connectivity index (χ3n) is 13.4. The van der Waals surface area contributed by atoms with E-state index in [4.69, 9.17) is 24.2 Å². The van der Waals surface area contributed by atoms with Crippen LogP contribution in [0.5, 0.6) is 17.2 Å². The molecule has 11 nitrogen and oxygen atoms in total. The van der Waals surface area contributed by atoms with Crippen molar-refractivity contribution in [2.75, 3.05) is 20.3 Å². The molecule has 1 spiro atoms. The molecule has 4 heterocycles. The molecule has 1 amide bonds. The van der Waals surface area contributed by atoms with Crippen molar-refractivity contribution in [3.05, 3.63) is 82.0 Å². The van der Waals surface area contributed by atoms with Gasteiger partial charge in [0.2, 0.25) is 11.9 Å². The van der Waals surface area contributed by atoms with E-state index in [2.05, 4.69) is 82.7 Å². The molecule has 3 N–H and O–H groups in total. The molecule has 3 aromatic rings. The van der Waals surface area contributed by atoms with Crippen LogP contribution in [-0.2, 0) is 16.0 Å². The zero-order valence-electron chi connectivity index (χ0n) is 35.8. The van der Waals surface area contributed by atoms with E-state index in [1.807, 2.05) is 24.3 Å². The third-order valence-corrected chi connectivity index (χ3v) is 13.4. The number of nitrogens with zero attached hydrogens (tertiary/aromatic N) is 3. The summed E-state index contributed by atoms with van der Waals surface area (Å²) >= 11 is 0. The molecule has 7 atom stereocenters. The Morgan fingerprint density at radius 3 is 2.53 bits per heavy atom. The predicted octanol–water partition coefficient (Wildman–Crippen LogP) is 7.94. The summed E-state index contributed by atoms with van der Waals surface area (Å²) < 4.78 is 23.4. The van der Waals surface area contributed by atoms with Crippen LogP contribution in [0.15, 0.2) is 70.3 Å². The van der Waals surface area contributed by atoms with Crippen LogP contribution in [-0.4, -0.2) is 74.2 Å². The molecule has 3 aliphatic heterocycles. The van der Waals surface area contributed by atoms with Gasteiger partial charge < -0.3 is 34.3 Å². The van der Waals surface area contributed by atoms with E-state index in [1.165, 1.54) is 5.57 Å². The first-order valence-corrected chi connectivity index (χ1v) is 21.1. The van der Waals surface area contributed by atoms with Crippen LogP contribution in [0.3, 0.4) is 0 Å². The van der Waals surface area contributed by atoms with E-state index < -0.39 is 34.7 Å². The number of aliphatic imine (C=N–C) groups is 1. The van der Waals surface area contributed by atoms with Gasteiger partial charge in [-0.05, 0) is 97.4 Å². The lowest BCUT2D eigenvalue weighted by molar-refractivity contribution is -0.246. The second kappa shape index (κ2) is 14.9. The second-order valence-corrected chi connectivity index (χ2v) is 18.1. The molecule has 3 fully saturated rings. The molecule has 0 saturated heterocycles. The van der Waals surface area contributed by atoms with Gasteiger partial charge in [-0.3, -0.25) is 9.59 Å². The number of methoxy groups -OCH3 is 1. The Morgan fingerprint density at radius 2 is 1.83 bits per heavy atom. The molecule has 312 valence electrons. The van der Waals surface area contributed by atoms with Gasteiger partial charge in [-0.1, -0.05) is 55.4 Å². The first-order chi connectivity index (χ1) is 28.1. The number of ether oxygens (including phenoxy) is 3. The van der Waals surface area contributed by atoms with Crippen LogP contribution in [0.1, 0.15) is 104 Å². The highest BCUT2D eigenvalue weighted by Gasteiger charge is 2.79. The molecule has 2 aromatic carbocycles. The number of fused-ring (bicyclic) bond motifs is 8. The summed E-state index contributed by atoms with van der Waals surface area (Å²) in [5.74, 6) is -0.0300. The number of aromatic nitrogens is 2. The van der Waals surface area contributed by atoms with Gasteiger partial charge in [-0.15, -0.1) is 0 Å². The fourth-order valence-corrected chi connectivity index (χ4v) is 10.6. The molecule has 2 bridgehead atoms. The molecule has 59 heavy (non-hydrogen) atoms. The molecule has 7 unspecified atom stereocenters. The molecule has 6 aliphatic rings. The summed E-state index contributed by atoms with van der Waals surface area (Å²) in [6, 6.07) is 7.42. The third kappa shape index (κ3) is 6.21. The van der Waals surface area contributed by atoms with Crippen LogP contribution in [0, 0.1) is 23.7 Å². The van der Waals surface area contributed by atoms with Gasteiger partial charge in [-0.2, -0.15) is 0 Å². The molecule has 11 heteroatoms. The summed E-state index contributed by atoms with van der Waals surface area (Å²) in [6.07, 6.45) is 12.6. The highest BCUT2D eigenvalue weighted by atomic mass is 16.5. The van der Waals surface area contributed by atoms with E-state index in [0.717, 1.165) is 40.6 Å². The number of nitrogens with one attached hydrogen (secondary N) is 1. The molecular formula is C48H58N4O7. The highest BCUT2D eigenvalue weighted by Crippen LogP contribution is 2.69. The van der Waals surface area contributed by atoms with Crippen LogP contribution in [0.2, 0.25) is 0 Å². The number of aliphatic hydroxyl groups is 2. The number of carbonyl (C=O) groups excluding carboxylic acids is 2. The normalized spacial score (nSPS) is 28.4. The minimum Gasteiger partial charge on any atom is -0.495 e. The molecule has 3 aliphatic carbocycles. The lowest BCUT2D eigenvalue weighted by Crippen LogP contribution is -2.82. The van der Waals surface area contributed by atoms with Crippen molar-refractivity contribution < 1.29 is 34.0 Å². The van der Waals surface area contributed by atoms with Crippen molar-refractivity contribution in [3.63, 3.8) is 0 Å². The van der Waals surface area contributed by atoms with Crippen molar-refractivity contribution in [1.82, 2.24) is 14.9 Å². The number of ketones is 1. The standard InChI is InChI=1S/C48H58N4O7/c1-26(2)13-12-20-46(8)21-19-31-40(58-46)30(17-16-27(3)4)42-36(41(31)57-9)38-37-39(52-35-15-11-10-14-34(35)50-45(52)51-38)32-25-33(28(5)6)48(37,59-42)47(56,43(32)54)22-18-29(7)44(55)49-23-24-53/h10-11,13-16,18-19,21,28,32-33,37,39,53,56H,12,17,20,22-25H2,1-9H3,(H,49,55). The van der Waals surface area contributed by atoms with E-state index in [1.54, 1.807) is 20.1 Å². The van der Waals surface area contributed by atoms with Gasteiger partial charge in [-0.25, -0.2) is 9.98 Å². The summed E-state index contributed by atoms with van der Waals surface area (Å²) in [4.78, 5) is 39.0. The lowest BCUT2D eigenvalue weighted by Gasteiger charge is -2.68. The van der Waals surface area contributed by atoms with Crippen molar-refractivity contribution >= 4 is 40.5 Å². The number of hydrogen-bond donors (Lipinski definition) is 3. The van der Waals surface area contributed by atoms with Gasteiger partial charge >= 0.3 is 0 Å². The van der Waals surface area contributed by atoms with Crippen LogP contribution < -0.4 is 19.5 Å². The van der Waals surface area contributed by atoms with Crippen molar-refractivity contribution in [2.24, 2.45) is 28.7 Å². The topological polar surface area (TPSA) is 144 Å². The Bertz CT molecular complexity index is 2390. The van der Waals surface area contributed by atoms with Crippen molar-refractivity contribution in [3.8, 4) is 17.2 Å². The summed E-state index contributed by atoms with van der Waals surface area (Å²) in [5, 5.41) is 25.6. The maximum Gasteiger partial charge on any atom is 0.246 e. The van der Waals surface area contributed by atoms with Crippen LogP contribution in [0.25, 0.3) is 17.1 Å². The fourth-order valence-electron chi connectivity index (χ4n) is 10.6. The molecule has 3 saturated carbocycles. The monoisotopic (exact) mass is 802 g/mol. The number of benzene rings is 2. The summed E-state index contributed by atoms with van der Waals surface area (Å²) in [5.41, 5.74) is 3.04. The molecule has 1 aromatic heterocycles. The number of hydrogen-bond acceptors (Lipinski definition) is 9. The number of imidazole rings is 1. The minimum atomic E-state index is -2.06. The Kier molecular flexibility index (Phi) is 10.3. The van der Waals surface area contributed by atoms with E-state index in [-0.39, 0.29) is 43.1 Å². The number of aliphatic hydroxyl groups excluding tert-OH is 1. The predicted molar refractivity (Wildman–Crippen MR) is 230 cm³/mol. The summed E-state index contributed by atoms with van der Waals surface area (Å²) in [7, 11) is 1.65. The van der Waals surface area contributed by atoms with Crippen molar-refractivity contribution in [2.45, 2.75) is 110 Å². The fraction of sp³-hybridized carbons (Fsp3) is 0.500. The first kappa shape index (κ1) is 40.8. The Hall–Kier alpha value is -5.00. The quantitative estimate of drug-likeness (QED) is 0.124. The highest BCUT2D eigenvalue weighted by molar-refractivity contribution is 6.14. The average Bonchev–Trinajstić information content (AvgIpc) is 3.57. The SMILES string of the molecule is COc1c2c(c(CC=C(C)C)c3c1C1=Nc4nc5ccccc5n4C4C5CC(C(C)C)C(O3)(C14)C(O)(CC=C(C)C(=O)NCCO)C5=O)OC(C)(CCC=C(C)C)C=C2. The second-order valence-electron chi connectivity index (χ2n) is 18.1. The zero-order chi connectivity index (χ0) is 42.2. The van der Waals surface area contributed by atoms with Gasteiger partial charge in [0.15, 0.2) is 17.0 Å². The molecule has 9 rings (SSSR count). The van der Waals surface area contributed by atoms with Crippen LogP contribution >= 0.6 is 0 Å². The van der Waals surface area contributed by atoms with Gasteiger partial charge in [0.05, 0.1) is 53.5 Å². The van der Waals surface area contributed by atoms with E-state index in [0.29, 0.717) is 52.9 Å². The van der Waals surface area contributed by atoms with Gasteiger partial charge in [0.25, 0.3) is 0 Å². The number of para-hydroxylation sites is 2. The van der Waals surface area contributed by atoms with E-state index >= 15 is 4.79 Å². The maximum atomic E-state index is 15.4. The van der Waals surface area contributed by atoms with Gasteiger partial charge in [0.1, 0.15) is 22.8 Å². The van der Waals surface area contributed by atoms with E-state index in [9.17, 15) is 15.0 Å². The number of carbonyl (C=O) groups is 2. The molecular weight excluding hydrogens is 745 g/mol. The maximum absolute atomic E-state index is 15.4. The molecule has 0 radical (unpaired) electrons. The summed E-state index contributed by atoms with van der Waals surface area (Å²) in [6.45, 7) is 16.2. The van der Waals surface area contributed by atoms with Gasteiger partial charge in [0, 0.05) is 35.9 Å². The largest absolute Gasteiger partial charge is 0.495 e. The zero-order valence-corrected chi connectivity index (χ0v) is 35.8. The Labute approximate surface area is 346 Å². The number of allylic oxidation sites excluding steroid dienone is 4. The Morgan fingerprint density at radius 1 is 1.08 bits per heavy atom. The average molecular weight is 803 g/mol. The Balaban J connectivity index is 1.44. The smallest absolute Gasteiger partial charge is 0.246 e. The number of Topliss-reactive ketones (excluding diaryl/α,β-unsaturated/α-hetero) is 1. The number of rotatable bonds is 12. The lowest BCUT2D eigenvalue weighted by atomic mass is 9.43. The number of amides is 1. The minimum absolute atomic E-state index is 0.0157. The van der Waals surface area contributed by atoms with Crippen molar-refractivity contribution in [1.29, 1.82) is 0 Å². The van der Waals surface area contributed by atoms with Crippen LogP contribution in [0.4, 0.5) is 5.95 Å². The first-order valence-electron chi connectivity index (χ1n) is 21.1.